The summed E-state index contributed by atoms with van der Waals surface area (Å²) in [7, 11) is 0. The summed E-state index contributed by atoms with van der Waals surface area (Å²) in [6.45, 7) is 3.64. The first-order valence-corrected chi connectivity index (χ1v) is 7.51. The van der Waals surface area contributed by atoms with E-state index < -0.39 is 0 Å². The standard InChI is InChI=1S/C15H17NOS/c1-18-15-7-6-14(16-8-10-17-11-9-16)12-4-2-3-5-13(12)15/h2-7H,8-11H2,1H3. The second-order valence-corrected chi connectivity index (χ2v) is 5.28. The number of thioether (sulfide) groups is 1. The van der Waals surface area contributed by atoms with Gasteiger partial charge in [-0.25, -0.2) is 0 Å². The van der Waals surface area contributed by atoms with Crippen LogP contribution in [0.15, 0.2) is 41.3 Å². The van der Waals surface area contributed by atoms with Gasteiger partial charge in [0.05, 0.1) is 13.2 Å². The third kappa shape index (κ3) is 2.08. The van der Waals surface area contributed by atoms with Crippen LogP contribution in [0.4, 0.5) is 5.69 Å². The molecule has 2 nitrogen and oxygen atoms in total. The number of benzene rings is 2. The van der Waals surface area contributed by atoms with Gasteiger partial charge in [-0.15, -0.1) is 11.8 Å². The van der Waals surface area contributed by atoms with E-state index in [1.54, 1.807) is 0 Å². The third-order valence-corrected chi connectivity index (χ3v) is 4.23. The Hall–Kier alpha value is -1.19. The topological polar surface area (TPSA) is 12.5 Å². The van der Waals surface area contributed by atoms with Crippen LogP contribution in [0, 0.1) is 0 Å². The second kappa shape index (κ2) is 5.21. The largest absolute Gasteiger partial charge is 0.378 e. The number of anilines is 1. The third-order valence-electron chi connectivity index (χ3n) is 3.43. The highest BCUT2D eigenvalue weighted by atomic mass is 32.2. The van der Waals surface area contributed by atoms with Gasteiger partial charge in [0.1, 0.15) is 0 Å². The molecule has 0 atom stereocenters. The first-order chi connectivity index (χ1) is 8.90. The van der Waals surface area contributed by atoms with Crippen LogP contribution in [0.25, 0.3) is 10.8 Å². The Morgan fingerprint density at radius 1 is 1.00 bits per heavy atom. The van der Waals surface area contributed by atoms with Crippen LogP contribution in [0.5, 0.6) is 0 Å². The van der Waals surface area contributed by atoms with E-state index in [2.05, 4.69) is 47.6 Å². The van der Waals surface area contributed by atoms with Gasteiger partial charge in [0.25, 0.3) is 0 Å². The molecule has 0 N–H and O–H groups in total. The average molecular weight is 259 g/mol. The molecule has 2 aromatic carbocycles. The Morgan fingerprint density at radius 3 is 2.44 bits per heavy atom. The van der Waals surface area contributed by atoms with Gasteiger partial charge < -0.3 is 9.64 Å². The van der Waals surface area contributed by atoms with Crippen molar-refractivity contribution in [1.82, 2.24) is 0 Å². The Morgan fingerprint density at radius 2 is 1.72 bits per heavy atom. The number of nitrogens with zero attached hydrogens (tertiary/aromatic N) is 1. The van der Waals surface area contributed by atoms with E-state index in [1.807, 2.05) is 11.8 Å². The summed E-state index contributed by atoms with van der Waals surface area (Å²) < 4.78 is 5.43. The fourth-order valence-corrected chi connectivity index (χ4v) is 3.12. The minimum absolute atomic E-state index is 0.832. The Kier molecular flexibility index (Phi) is 3.43. The molecule has 0 aromatic heterocycles. The molecule has 3 rings (SSSR count). The predicted octanol–water partition coefficient (Wildman–Crippen LogP) is 3.40. The van der Waals surface area contributed by atoms with E-state index in [4.69, 9.17) is 4.74 Å². The van der Waals surface area contributed by atoms with Crippen molar-refractivity contribution >= 4 is 28.2 Å². The van der Waals surface area contributed by atoms with Gasteiger partial charge in [-0.3, -0.25) is 0 Å². The fourth-order valence-electron chi connectivity index (χ4n) is 2.51. The molecule has 2 aromatic rings. The summed E-state index contributed by atoms with van der Waals surface area (Å²) in [5.74, 6) is 0. The number of morpholine rings is 1. The highest BCUT2D eigenvalue weighted by molar-refractivity contribution is 7.98. The highest BCUT2D eigenvalue weighted by Gasteiger charge is 2.14. The van der Waals surface area contributed by atoms with Gasteiger partial charge in [-0.05, 0) is 23.8 Å². The van der Waals surface area contributed by atoms with Gasteiger partial charge in [0, 0.05) is 29.1 Å². The lowest BCUT2D eigenvalue weighted by molar-refractivity contribution is 0.123. The lowest BCUT2D eigenvalue weighted by Crippen LogP contribution is -2.36. The number of ether oxygens (including phenoxy) is 1. The smallest absolute Gasteiger partial charge is 0.0642 e. The van der Waals surface area contributed by atoms with E-state index in [-0.39, 0.29) is 0 Å². The van der Waals surface area contributed by atoms with Crippen LogP contribution in [-0.2, 0) is 4.74 Å². The summed E-state index contributed by atoms with van der Waals surface area (Å²) in [4.78, 5) is 3.78. The van der Waals surface area contributed by atoms with Crippen LogP contribution in [0.1, 0.15) is 0 Å². The van der Waals surface area contributed by atoms with Crippen molar-refractivity contribution < 1.29 is 4.74 Å². The molecule has 1 aliphatic heterocycles. The van der Waals surface area contributed by atoms with Crippen LogP contribution in [0.2, 0.25) is 0 Å². The first kappa shape index (κ1) is 11.9. The van der Waals surface area contributed by atoms with E-state index in [1.165, 1.54) is 21.4 Å². The Balaban J connectivity index is 2.12. The number of hydrogen-bond donors (Lipinski definition) is 0. The lowest BCUT2D eigenvalue weighted by atomic mass is 10.1. The quantitative estimate of drug-likeness (QED) is 0.767. The number of rotatable bonds is 2. The van der Waals surface area contributed by atoms with Crippen LogP contribution >= 0.6 is 11.8 Å². The number of hydrogen-bond acceptors (Lipinski definition) is 3. The summed E-state index contributed by atoms with van der Waals surface area (Å²) in [6, 6.07) is 13.2. The molecule has 0 aliphatic carbocycles. The number of fused-ring (bicyclic) bond motifs is 1. The maximum Gasteiger partial charge on any atom is 0.0642 e. The van der Waals surface area contributed by atoms with Crippen molar-refractivity contribution in [1.29, 1.82) is 0 Å². The fraction of sp³-hybridized carbons (Fsp3) is 0.333. The first-order valence-electron chi connectivity index (χ1n) is 6.28. The van der Waals surface area contributed by atoms with Crippen molar-refractivity contribution in [2.45, 2.75) is 4.90 Å². The Bertz CT molecular complexity index is 549. The summed E-state index contributed by atoms with van der Waals surface area (Å²) in [5.41, 5.74) is 1.34. The molecule has 0 radical (unpaired) electrons. The normalized spacial score (nSPS) is 16.2. The van der Waals surface area contributed by atoms with E-state index >= 15 is 0 Å². The molecule has 3 heteroatoms. The maximum atomic E-state index is 5.43. The lowest BCUT2D eigenvalue weighted by Gasteiger charge is -2.30. The van der Waals surface area contributed by atoms with Crippen molar-refractivity contribution in [2.75, 3.05) is 37.5 Å². The van der Waals surface area contributed by atoms with Crippen molar-refractivity contribution in [2.24, 2.45) is 0 Å². The monoisotopic (exact) mass is 259 g/mol. The molecule has 0 spiro atoms. The van der Waals surface area contributed by atoms with Gasteiger partial charge in [0.15, 0.2) is 0 Å². The summed E-state index contributed by atoms with van der Waals surface area (Å²) in [6.07, 6.45) is 2.14. The van der Waals surface area contributed by atoms with Gasteiger partial charge in [-0.2, -0.15) is 0 Å². The molecule has 18 heavy (non-hydrogen) atoms. The highest BCUT2D eigenvalue weighted by Crippen LogP contribution is 2.33. The molecular formula is C15H17NOS. The van der Waals surface area contributed by atoms with Crippen molar-refractivity contribution in [3.8, 4) is 0 Å². The summed E-state index contributed by atoms with van der Waals surface area (Å²) in [5, 5.41) is 2.71. The molecule has 0 bridgehead atoms. The van der Waals surface area contributed by atoms with E-state index in [0.717, 1.165) is 26.3 Å². The van der Waals surface area contributed by atoms with Gasteiger partial charge in [-0.1, -0.05) is 24.3 Å². The van der Waals surface area contributed by atoms with Crippen molar-refractivity contribution in [3.63, 3.8) is 0 Å². The van der Waals surface area contributed by atoms with Crippen molar-refractivity contribution in [3.05, 3.63) is 36.4 Å². The molecular weight excluding hydrogens is 242 g/mol. The van der Waals surface area contributed by atoms with Gasteiger partial charge in [0.2, 0.25) is 0 Å². The molecule has 1 heterocycles. The Labute approximate surface area is 112 Å². The van der Waals surface area contributed by atoms with Crippen LogP contribution in [0.3, 0.4) is 0 Å². The van der Waals surface area contributed by atoms with Crippen LogP contribution < -0.4 is 4.90 Å². The zero-order chi connectivity index (χ0) is 12.4. The minimum atomic E-state index is 0.832. The van der Waals surface area contributed by atoms with E-state index in [0.29, 0.717) is 0 Å². The predicted molar refractivity (Wildman–Crippen MR) is 78.8 cm³/mol. The molecule has 0 amide bonds. The average Bonchev–Trinajstić information content (AvgIpc) is 2.47. The molecule has 0 saturated carbocycles. The van der Waals surface area contributed by atoms with E-state index in [9.17, 15) is 0 Å². The minimum Gasteiger partial charge on any atom is -0.378 e. The molecule has 0 unspecified atom stereocenters. The molecule has 1 saturated heterocycles. The zero-order valence-electron chi connectivity index (χ0n) is 10.6. The van der Waals surface area contributed by atoms with Gasteiger partial charge >= 0.3 is 0 Å². The summed E-state index contributed by atoms with van der Waals surface area (Å²) >= 11 is 1.81. The van der Waals surface area contributed by atoms with Crippen LogP contribution in [-0.4, -0.2) is 32.6 Å². The molecule has 1 aliphatic rings. The second-order valence-electron chi connectivity index (χ2n) is 4.43. The maximum absolute atomic E-state index is 5.43. The molecule has 94 valence electrons. The SMILES string of the molecule is CSc1ccc(N2CCOCC2)c2ccccc12. The molecule has 1 fully saturated rings. The zero-order valence-corrected chi connectivity index (χ0v) is 11.4.